The summed E-state index contributed by atoms with van der Waals surface area (Å²) in [7, 11) is 1.36. The molecule has 0 aliphatic carbocycles. The van der Waals surface area contributed by atoms with Crippen molar-refractivity contribution in [2.45, 2.75) is 25.9 Å². The minimum Gasteiger partial charge on any atom is -0.492 e. The van der Waals surface area contributed by atoms with Gasteiger partial charge in [0.2, 0.25) is 0 Å². The van der Waals surface area contributed by atoms with Crippen molar-refractivity contribution in [3.05, 3.63) is 131 Å². The molecular formula is C33H34N2O4. The second-order valence-electron chi connectivity index (χ2n) is 9.32. The number of ketones is 1. The van der Waals surface area contributed by atoms with E-state index in [4.69, 9.17) is 9.47 Å². The van der Waals surface area contributed by atoms with E-state index >= 15 is 0 Å². The van der Waals surface area contributed by atoms with Crippen molar-refractivity contribution in [2.75, 3.05) is 25.6 Å². The molecule has 39 heavy (non-hydrogen) atoms. The van der Waals surface area contributed by atoms with E-state index in [1.54, 1.807) is 24.3 Å². The van der Waals surface area contributed by atoms with Crippen LogP contribution in [-0.2, 0) is 22.5 Å². The van der Waals surface area contributed by atoms with E-state index in [1.807, 2.05) is 54.6 Å². The number of anilines is 1. The molecule has 0 bridgehead atoms. The fourth-order valence-corrected chi connectivity index (χ4v) is 4.33. The van der Waals surface area contributed by atoms with Crippen LogP contribution in [-0.4, -0.2) is 38.1 Å². The molecule has 0 unspecified atom stereocenters. The number of methoxy groups -OCH3 is 1. The van der Waals surface area contributed by atoms with Gasteiger partial charge < -0.3 is 20.1 Å². The SMILES string of the molecule is COC(=O)[C@H](Cc1ccc(OCCNCc2cccc(C)c2)cc1)Nc1ccccc1C(=O)c1ccccc1. The van der Waals surface area contributed by atoms with Gasteiger partial charge in [0.25, 0.3) is 0 Å². The van der Waals surface area contributed by atoms with Gasteiger partial charge in [-0.2, -0.15) is 0 Å². The van der Waals surface area contributed by atoms with Crippen molar-refractivity contribution in [3.63, 3.8) is 0 Å². The van der Waals surface area contributed by atoms with Crippen LogP contribution in [0.15, 0.2) is 103 Å². The minimum atomic E-state index is -0.669. The van der Waals surface area contributed by atoms with Gasteiger partial charge in [-0.05, 0) is 42.3 Å². The van der Waals surface area contributed by atoms with Gasteiger partial charge in [-0.25, -0.2) is 4.79 Å². The molecule has 1 atom stereocenters. The van der Waals surface area contributed by atoms with Crippen LogP contribution in [0.4, 0.5) is 5.69 Å². The lowest BCUT2D eigenvalue weighted by Gasteiger charge is -2.20. The van der Waals surface area contributed by atoms with E-state index in [2.05, 4.69) is 41.8 Å². The predicted octanol–water partition coefficient (Wildman–Crippen LogP) is 5.59. The van der Waals surface area contributed by atoms with Gasteiger partial charge in [0.05, 0.1) is 7.11 Å². The molecule has 2 N–H and O–H groups in total. The summed E-state index contributed by atoms with van der Waals surface area (Å²) in [6.45, 7) is 4.16. The van der Waals surface area contributed by atoms with E-state index in [9.17, 15) is 9.59 Å². The average Bonchev–Trinajstić information content (AvgIpc) is 2.97. The minimum absolute atomic E-state index is 0.114. The maximum Gasteiger partial charge on any atom is 0.328 e. The molecule has 0 spiro atoms. The van der Waals surface area contributed by atoms with Crippen LogP contribution in [0.2, 0.25) is 0 Å². The van der Waals surface area contributed by atoms with Crippen LogP contribution in [0.25, 0.3) is 0 Å². The lowest BCUT2D eigenvalue weighted by Crippen LogP contribution is -2.33. The van der Waals surface area contributed by atoms with Crippen molar-refractivity contribution < 1.29 is 19.1 Å². The Morgan fingerprint density at radius 1 is 0.821 bits per heavy atom. The maximum absolute atomic E-state index is 13.1. The monoisotopic (exact) mass is 522 g/mol. The van der Waals surface area contributed by atoms with Crippen LogP contribution in [0.5, 0.6) is 5.75 Å². The number of carbonyl (C=O) groups excluding carboxylic acids is 2. The Labute approximate surface area is 230 Å². The first-order chi connectivity index (χ1) is 19.0. The molecule has 0 heterocycles. The normalized spacial score (nSPS) is 11.4. The Morgan fingerprint density at radius 2 is 1.56 bits per heavy atom. The highest BCUT2D eigenvalue weighted by Crippen LogP contribution is 2.22. The van der Waals surface area contributed by atoms with Crippen LogP contribution >= 0.6 is 0 Å². The summed E-state index contributed by atoms with van der Waals surface area (Å²) >= 11 is 0. The van der Waals surface area contributed by atoms with Crippen molar-refractivity contribution >= 4 is 17.4 Å². The molecule has 0 saturated heterocycles. The lowest BCUT2D eigenvalue weighted by atomic mass is 10.00. The first-order valence-electron chi connectivity index (χ1n) is 13.0. The van der Waals surface area contributed by atoms with Crippen LogP contribution < -0.4 is 15.4 Å². The third-order valence-corrected chi connectivity index (χ3v) is 6.35. The summed E-state index contributed by atoms with van der Waals surface area (Å²) in [5.41, 5.74) is 5.11. The fourth-order valence-electron chi connectivity index (χ4n) is 4.33. The van der Waals surface area contributed by atoms with Gasteiger partial charge in [-0.15, -0.1) is 0 Å². The predicted molar refractivity (Wildman–Crippen MR) is 154 cm³/mol. The average molecular weight is 523 g/mol. The molecule has 0 aliphatic heterocycles. The fraction of sp³-hybridized carbons (Fsp3) is 0.212. The number of esters is 1. The number of para-hydroxylation sites is 1. The highest BCUT2D eigenvalue weighted by molar-refractivity contribution is 6.12. The summed E-state index contributed by atoms with van der Waals surface area (Å²) in [6, 6.07) is 31.7. The van der Waals surface area contributed by atoms with Gasteiger partial charge in [0, 0.05) is 36.3 Å². The number of benzene rings is 4. The Morgan fingerprint density at radius 3 is 2.31 bits per heavy atom. The molecule has 0 amide bonds. The first kappa shape index (κ1) is 27.6. The summed E-state index contributed by atoms with van der Waals surface area (Å²) < 4.78 is 10.9. The van der Waals surface area contributed by atoms with E-state index in [0.717, 1.165) is 24.4 Å². The van der Waals surface area contributed by atoms with Gasteiger partial charge in [-0.1, -0.05) is 84.4 Å². The summed E-state index contributed by atoms with van der Waals surface area (Å²) in [5, 5.41) is 6.64. The Balaban J connectivity index is 1.34. The van der Waals surface area contributed by atoms with E-state index in [-0.39, 0.29) is 5.78 Å². The number of nitrogens with one attached hydrogen (secondary N) is 2. The van der Waals surface area contributed by atoms with Gasteiger partial charge in [0.15, 0.2) is 5.78 Å². The van der Waals surface area contributed by atoms with E-state index in [0.29, 0.717) is 29.8 Å². The molecule has 6 heteroatoms. The molecule has 4 aromatic rings. The van der Waals surface area contributed by atoms with Crippen molar-refractivity contribution in [3.8, 4) is 5.75 Å². The lowest BCUT2D eigenvalue weighted by molar-refractivity contribution is -0.141. The standard InChI is InChI=1S/C33H34N2O4/c1-24-9-8-10-26(21-24)23-34-19-20-39-28-17-15-25(16-18-28)22-31(33(37)38-2)35-30-14-7-6-13-29(30)32(36)27-11-4-3-5-12-27/h3-18,21,31,34-35H,19-20,22-23H2,1-2H3/t31-/m0/s1. The third-order valence-electron chi connectivity index (χ3n) is 6.35. The highest BCUT2D eigenvalue weighted by Gasteiger charge is 2.22. The zero-order chi connectivity index (χ0) is 27.5. The first-order valence-corrected chi connectivity index (χ1v) is 13.0. The number of hydrogen-bond donors (Lipinski definition) is 2. The smallest absolute Gasteiger partial charge is 0.328 e. The Bertz CT molecular complexity index is 1370. The molecule has 4 rings (SSSR count). The highest BCUT2D eigenvalue weighted by atomic mass is 16.5. The second kappa shape index (κ2) is 13.9. The third kappa shape index (κ3) is 8.03. The second-order valence-corrected chi connectivity index (χ2v) is 9.32. The molecular weight excluding hydrogens is 488 g/mol. The molecule has 0 aromatic heterocycles. The number of carbonyl (C=O) groups is 2. The molecule has 0 aliphatic rings. The van der Waals surface area contributed by atoms with Crippen molar-refractivity contribution in [1.29, 1.82) is 0 Å². The molecule has 6 nitrogen and oxygen atoms in total. The van der Waals surface area contributed by atoms with Crippen LogP contribution in [0.1, 0.15) is 32.6 Å². The maximum atomic E-state index is 13.1. The summed E-state index contributed by atoms with van der Waals surface area (Å²) in [5.74, 6) is 0.242. The molecule has 4 aromatic carbocycles. The summed E-state index contributed by atoms with van der Waals surface area (Å²) in [6.07, 6.45) is 0.388. The number of hydrogen-bond acceptors (Lipinski definition) is 6. The van der Waals surface area contributed by atoms with Gasteiger partial charge >= 0.3 is 5.97 Å². The topological polar surface area (TPSA) is 76.7 Å². The van der Waals surface area contributed by atoms with E-state index < -0.39 is 12.0 Å². The van der Waals surface area contributed by atoms with Crippen molar-refractivity contribution in [2.24, 2.45) is 0 Å². The Hall–Kier alpha value is -4.42. The zero-order valence-electron chi connectivity index (χ0n) is 22.4. The van der Waals surface area contributed by atoms with Gasteiger partial charge in [-0.3, -0.25) is 4.79 Å². The number of rotatable bonds is 13. The molecule has 0 fully saturated rings. The quantitative estimate of drug-likeness (QED) is 0.135. The largest absolute Gasteiger partial charge is 0.492 e. The molecule has 200 valence electrons. The zero-order valence-corrected chi connectivity index (χ0v) is 22.4. The van der Waals surface area contributed by atoms with Crippen LogP contribution in [0, 0.1) is 6.92 Å². The van der Waals surface area contributed by atoms with Gasteiger partial charge in [0.1, 0.15) is 18.4 Å². The Kier molecular flexibility index (Phi) is 9.86. The van der Waals surface area contributed by atoms with Crippen LogP contribution in [0.3, 0.4) is 0 Å². The molecule has 0 radical (unpaired) electrons. The molecule has 0 saturated carbocycles. The number of aryl methyl sites for hydroxylation is 1. The van der Waals surface area contributed by atoms with Crippen molar-refractivity contribution in [1.82, 2.24) is 5.32 Å². The number of ether oxygens (including phenoxy) is 2. The van der Waals surface area contributed by atoms with E-state index in [1.165, 1.54) is 18.2 Å². The summed E-state index contributed by atoms with van der Waals surface area (Å²) in [4.78, 5) is 25.8.